The molecule has 0 saturated carbocycles. The van der Waals surface area contributed by atoms with Gasteiger partial charge in [0.05, 0.1) is 6.61 Å². The molecule has 94 valence electrons. The van der Waals surface area contributed by atoms with Crippen LogP contribution in [0.25, 0.3) is 0 Å². The zero-order valence-corrected chi connectivity index (χ0v) is 11.5. The molecule has 1 aliphatic heterocycles. The molecule has 2 rings (SSSR count). The Kier molecular flexibility index (Phi) is 4.13. The average molecular weight is 321 g/mol. The normalized spacial score (nSPS) is 21.4. The minimum atomic E-state index is -3.50. The summed E-state index contributed by atoms with van der Waals surface area (Å²) in [5.41, 5.74) is 0. The number of nitrogens with one attached hydrogen (secondary N) is 1. The Morgan fingerprint density at radius 2 is 2.29 bits per heavy atom. The van der Waals surface area contributed by atoms with Crippen molar-refractivity contribution in [2.75, 3.05) is 13.2 Å². The molecule has 0 aliphatic carbocycles. The van der Waals surface area contributed by atoms with Crippen LogP contribution in [-0.2, 0) is 14.8 Å². The Labute approximate surface area is 109 Å². The van der Waals surface area contributed by atoms with Gasteiger partial charge in [0.15, 0.2) is 0 Å². The van der Waals surface area contributed by atoms with Gasteiger partial charge < -0.3 is 4.74 Å². The fraction of sp³-hybridized carbons (Fsp3) is 0.500. The van der Waals surface area contributed by atoms with Crippen molar-refractivity contribution in [2.24, 2.45) is 0 Å². The number of nitrogens with zero attached hydrogens (tertiary/aromatic N) is 1. The fourth-order valence-corrected chi connectivity index (χ4v) is 3.42. The quantitative estimate of drug-likeness (QED) is 0.911. The third-order valence-corrected chi connectivity index (χ3v) is 4.39. The molecule has 0 bridgehead atoms. The number of aromatic nitrogens is 1. The van der Waals surface area contributed by atoms with E-state index in [9.17, 15) is 8.42 Å². The zero-order chi connectivity index (χ0) is 12.3. The maximum Gasteiger partial charge on any atom is 0.242 e. The van der Waals surface area contributed by atoms with Gasteiger partial charge in [-0.05, 0) is 34.8 Å². The highest BCUT2D eigenvalue weighted by atomic mass is 79.9. The van der Waals surface area contributed by atoms with Crippen LogP contribution in [0.5, 0.6) is 0 Å². The van der Waals surface area contributed by atoms with E-state index in [-0.39, 0.29) is 10.9 Å². The molecule has 17 heavy (non-hydrogen) atoms. The van der Waals surface area contributed by atoms with Crippen molar-refractivity contribution >= 4 is 26.0 Å². The van der Waals surface area contributed by atoms with Crippen molar-refractivity contribution < 1.29 is 13.2 Å². The number of halogens is 1. The van der Waals surface area contributed by atoms with Gasteiger partial charge >= 0.3 is 0 Å². The molecule has 0 radical (unpaired) electrons. The first-order valence-corrected chi connectivity index (χ1v) is 7.56. The van der Waals surface area contributed by atoms with E-state index >= 15 is 0 Å². The fourth-order valence-electron chi connectivity index (χ4n) is 1.66. The van der Waals surface area contributed by atoms with E-state index in [0.29, 0.717) is 17.7 Å². The van der Waals surface area contributed by atoms with Gasteiger partial charge in [0, 0.05) is 29.5 Å². The van der Waals surface area contributed by atoms with E-state index in [1.165, 1.54) is 12.3 Å². The molecular formula is C10H13BrN2O3S. The highest BCUT2D eigenvalue weighted by Crippen LogP contribution is 2.16. The molecule has 1 aromatic heterocycles. The minimum Gasteiger partial charge on any atom is -0.380 e. The Bertz CT molecular complexity index is 486. The standard InChI is InChI=1S/C10H13BrN2O3S/c11-8-4-10(6-12-5-8)17(14,15)13-9-2-1-3-16-7-9/h4-6,9,13H,1-3,7H2/t9-/m1/s1. The van der Waals surface area contributed by atoms with Crippen LogP contribution in [-0.4, -0.2) is 32.7 Å². The number of pyridine rings is 1. The topological polar surface area (TPSA) is 68.3 Å². The summed E-state index contributed by atoms with van der Waals surface area (Å²) in [5.74, 6) is 0. The summed E-state index contributed by atoms with van der Waals surface area (Å²) >= 11 is 3.20. The van der Waals surface area contributed by atoms with E-state index in [1.54, 1.807) is 6.20 Å². The second kappa shape index (κ2) is 5.43. The Morgan fingerprint density at radius 3 is 2.94 bits per heavy atom. The molecule has 1 saturated heterocycles. The summed E-state index contributed by atoms with van der Waals surface area (Å²) in [5, 5.41) is 0. The first kappa shape index (κ1) is 12.9. The SMILES string of the molecule is O=S(=O)(N[C@@H]1CCCOC1)c1cncc(Br)c1. The summed E-state index contributed by atoms with van der Waals surface area (Å²) < 4.78 is 32.6. The molecule has 1 N–H and O–H groups in total. The molecule has 1 atom stereocenters. The molecule has 0 spiro atoms. The van der Waals surface area contributed by atoms with Gasteiger partial charge in [-0.2, -0.15) is 0 Å². The smallest absolute Gasteiger partial charge is 0.242 e. The largest absolute Gasteiger partial charge is 0.380 e. The Balaban J connectivity index is 2.13. The highest BCUT2D eigenvalue weighted by Gasteiger charge is 2.22. The van der Waals surface area contributed by atoms with Crippen molar-refractivity contribution in [3.8, 4) is 0 Å². The van der Waals surface area contributed by atoms with Gasteiger partial charge in [-0.15, -0.1) is 0 Å². The molecule has 1 aromatic rings. The number of rotatable bonds is 3. The molecule has 7 heteroatoms. The highest BCUT2D eigenvalue weighted by molar-refractivity contribution is 9.10. The van der Waals surface area contributed by atoms with Gasteiger partial charge in [-0.1, -0.05) is 0 Å². The lowest BCUT2D eigenvalue weighted by Crippen LogP contribution is -2.40. The van der Waals surface area contributed by atoms with Gasteiger partial charge in [0.1, 0.15) is 4.90 Å². The molecular weight excluding hydrogens is 308 g/mol. The van der Waals surface area contributed by atoms with Gasteiger partial charge in [-0.25, -0.2) is 13.1 Å². The first-order chi connectivity index (χ1) is 8.08. The molecule has 0 amide bonds. The van der Waals surface area contributed by atoms with Gasteiger partial charge in [-0.3, -0.25) is 4.98 Å². The van der Waals surface area contributed by atoms with E-state index < -0.39 is 10.0 Å². The summed E-state index contributed by atoms with van der Waals surface area (Å²) in [4.78, 5) is 4.01. The Hall–Kier alpha value is -0.500. The number of sulfonamides is 1. The lowest BCUT2D eigenvalue weighted by molar-refractivity contribution is 0.0774. The lowest BCUT2D eigenvalue weighted by Gasteiger charge is -2.22. The predicted octanol–water partition coefficient (Wildman–Crippen LogP) is 1.30. The second-order valence-corrected chi connectivity index (χ2v) is 6.50. The number of hydrogen-bond donors (Lipinski definition) is 1. The van der Waals surface area contributed by atoms with Crippen LogP contribution >= 0.6 is 15.9 Å². The Morgan fingerprint density at radius 1 is 1.47 bits per heavy atom. The molecule has 0 unspecified atom stereocenters. The molecule has 2 heterocycles. The van der Waals surface area contributed by atoms with E-state index in [1.807, 2.05) is 0 Å². The molecule has 1 aliphatic rings. The van der Waals surface area contributed by atoms with Gasteiger partial charge in [0.25, 0.3) is 0 Å². The van der Waals surface area contributed by atoms with Crippen molar-refractivity contribution in [1.82, 2.24) is 9.71 Å². The summed E-state index contributed by atoms with van der Waals surface area (Å²) in [6.07, 6.45) is 4.56. The monoisotopic (exact) mass is 320 g/mol. The van der Waals surface area contributed by atoms with E-state index in [2.05, 4.69) is 25.6 Å². The second-order valence-electron chi connectivity index (χ2n) is 3.87. The molecule has 1 fully saturated rings. The summed E-state index contributed by atoms with van der Waals surface area (Å²) in [6, 6.07) is 1.38. The van der Waals surface area contributed by atoms with E-state index in [4.69, 9.17) is 4.74 Å². The first-order valence-electron chi connectivity index (χ1n) is 5.28. The maximum atomic E-state index is 12.0. The van der Waals surface area contributed by atoms with Crippen LogP contribution in [0.1, 0.15) is 12.8 Å². The summed E-state index contributed by atoms with van der Waals surface area (Å²) in [7, 11) is -3.50. The third-order valence-electron chi connectivity index (χ3n) is 2.47. The van der Waals surface area contributed by atoms with Crippen molar-refractivity contribution in [2.45, 2.75) is 23.8 Å². The van der Waals surface area contributed by atoms with E-state index in [0.717, 1.165) is 12.8 Å². The van der Waals surface area contributed by atoms with Crippen LogP contribution in [0.4, 0.5) is 0 Å². The van der Waals surface area contributed by atoms with Crippen molar-refractivity contribution in [1.29, 1.82) is 0 Å². The van der Waals surface area contributed by atoms with Crippen LogP contribution in [0.2, 0.25) is 0 Å². The van der Waals surface area contributed by atoms with Crippen LogP contribution in [0.15, 0.2) is 27.8 Å². The van der Waals surface area contributed by atoms with Crippen molar-refractivity contribution in [3.63, 3.8) is 0 Å². The number of ether oxygens (including phenoxy) is 1. The maximum absolute atomic E-state index is 12.0. The third kappa shape index (κ3) is 3.48. The molecule has 0 aromatic carbocycles. The zero-order valence-electron chi connectivity index (χ0n) is 9.10. The minimum absolute atomic E-state index is 0.146. The predicted molar refractivity (Wildman–Crippen MR) is 66.1 cm³/mol. The van der Waals surface area contributed by atoms with Crippen LogP contribution < -0.4 is 4.72 Å². The van der Waals surface area contributed by atoms with Crippen LogP contribution in [0.3, 0.4) is 0 Å². The summed E-state index contributed by atoms with van der Waals surface area (Å²) in [6.45, 7) is 1.14. The number of hydrogen-bond acceptors (Lipinski definition) is 4. The lowest BCUT2D eigenvalue weighted by atomic mass is 10.1. The average Bonchev–Trinajstić information content (AvgIpc) is 2.30. The molecule has 5 nitrogen and oxygen atoms in total. The van der Waals surface area contributed by atoms with Gasteiger partial charge in [0.2, 0.25) is 10.0 Å². The van der Waals surface area contributed by atoms with Crippen LogP contribution in [0, 0.1) is 0 Å². The van der Waals surface area contributed by atoms with Crippen molar-refractivity contribution in [3.05, 3.63) is 22.9 Å².